The molecule has 4 aromatic carbocycles. The van der Waals surface area contributed by atoms with Crippen LogP contribution in [0, 0.1) is 11.2 Å². The molecule has 0 spiro atoms. The van der Waals surface area contributed by atoms with E-state index in [1.807, 2.05) is 18.3 Å². The van der Waals surface area contributed by atoms with E-state index in [4.69, 9.17) is 4.98 Å². The molecule has 0 aliphatic carbocycles. The lowest BCUT2D eigenvalue weighted by Crippen LogP contribution is -2.11. The molecule has 0 aliphatic rings. The Morgan fingerprint density at radius 1 is 0.788 bits per heavy atom. The summed E-state index contributed by atoms with van der Waals surface area (Å²) in [7, 11) is 0. The SMILES string of the molecule is CC(C)(C)Cc1c2ccccc2cc2c3nccc4ccc5c6c(F)cccc6n(c12)c5c43. The zero-order chi connectivity index (χ0) is 22.5. The van der Waals surface area contributed by atoms with Crippen molar-refractivity contribution < 1.29 is 4.39 Å². The second kappa shape index (κ2) is 6.20. The molecule has 0 aliphatic heterocycles. The summed E-state index contributed by atoms with van der Waals surface area (Å²) in [4.78, 5) is 4.89. The minimum absolute atomic E-state index is 0.0849. The van der Waals surface area contributed by atoms with E-state index in [-0.39, 0.29) is 11.2 Å². The van der Waals surface area contributed by atoms with Gasteiger partial charge in [-0.3, -0.25) is 4.98 Å². The number of fused-ring (bicyclic) bond motifs is 7. The van der Waals surface area contributed by atoms with Gasteiger partial charge in [-0.15, -0.1) is 0 Å². The molecule has 160 valence electrons. The average Bonchev–Trinajstić information content (AvgIpc) is 3.14. The van der Waals surface area contributed by atoms with Crippen LogP contribution in [0.4, 0.5) is 4.39 Å². The summed E-state index contributed by atoms with van der Waals surface area (Å²) in [6.45, 7) is 6.83. The molecule has 0 unspecified atom stereocenters. The number of rotatable bonds is 1. The summed E-state index contributed by atoms with van der Waals surface area (Å²) in [6, 6.07) is 22.5. The maximum atomic E-state index is 15.3. The summed E-state index contributed by atoms with van der Waals surface area (Å²) in [5, 5.41) is 7.47. The molecule has 3 aromatic heterocycles. The maximum absolute atomic E-state index is 15.3. The molecule has 0 atom stereocenters. The number of halogens is 1. The van der Waals surface area contributed by atoms with Crippen molar-refractivity contribution >= 4 is 59.8 Å². The molecule has 0 bridgehead atoms. The third-order valence-corrected chi connectivity index (χ3v) is 6.94. The van der Waals surface area contributed by atoms with E-state index in [2.05, 4.69) is 73.7 Å². The van der Waals surface area contributed by atoms with E-state index in [0.717, 1.165) is 50.0 Å². The third-order valence-electron chi connectivity index (χ3n) is 6.94. The number of hydrogen-bond acceptors (Lipinski definition) is 1. The van der Waals surface area contributed by atoms with Crippen LogP contribution in [0.5, 0.6) is 0 Å². The molecule has 2 nitrogen and oxygen atoms in total. The Hall–Kier alpha value is -3.72. The lowest BCUT2D eigenvalue weighted by Gasteiger charge is -2.23. The Morgan fingerprint density at radius 2 is 1.64 bits per heavy atom. The summed E-state index contributed by atoms with van der Waals surface area (Å²) >= 11 is 0. The van der Waals surface area contributed by atoms with Gasteiger partial charge in [-0.05, 0) is 57.8 Å². The second-order valence-corrected chi connectivity index (χ2v) is 10.4. The van der Waals surface area contributed by atoms with Gasteiger partial charge in [0, 0.05) is 27.7 Å². The highest BCUT2D eigenvalue weighted by Gasteiger charge is 2.24. The van der Waals surface area contributed by atoms with Gasteiger partial charge in [0.25, 0.3) is 0 Å². The molecule has 7 aromatic rings. The zero-order valence-corrected chi connectivity index (χ0v) is 18.9. The van der Waals surface area contributed by atoms with Crippen LogP contribution in [0.2, 0.25) is 0 Å². The Bertz CT molecular complexity index is 1890. The van der Waals surface area contributed by atoms with Crippen LogP contribution in [-0.2, 0) is 6.42 Å². The van der Waals surface area contributed by atoms with Crippen LogP contribution in [0.15, 0.2) is 72.9 Å². The first-order chi connectivity index (χ1) is 15.9. The van der Waals surface area contributed by atoms with Crippen molar-refractivity contribution in [2.75, 3.05) is 0 Å². The van der Waals surface area contributed by atoms with Crippen LogP contribution < -0.4 is 0 Å². The maximum Gasteiger partial charge on any atom is 0.133 e. The molecule has 3 heteroatoms. The number of hydrogen-bond donors (Lipinski definition) is 0. The first-order valence-corrected chi connectivity index (χ1v) is 11.5. The van der Waals surface area contributed by atoms with Crippen molar-refractivity contribution in [1.82, 2.24) is 9.38 Å². The minimum atomic E-state index is -0.178. The first kappa shape index (κ1) is 18.8. The van der Waals surface area contributed by atoms with Gasteiger partial charge in [-0.1, -0.05) is 63.2 Å². The van der Waals surface area contributed by atoms with Crippen LogP contribution in [0.25, 0.3) is 59.8 Å². The smallest absolute Gasteiger partial charge is 0.133 e. The molecular weight excluding hydrogens is 407 g/mol. The summed E-state index contributed by atoms with van der Waals surface area (Å²) in [5.74, 6) is -0.178. The highest BCUT2D eigenvalue weighted by Crippen LogP contribution is 2.44. The average molecular weight is 431 g/mol. The number of pyridine rings is 2. The van der Waals surface area contributed by atoms with Gasteiger partial charge in [0.15, 0.2) is 0 Å². The lowest BCUT2D eigenvalue weighted by atomic mass is 9.84. The fourth-order valence-electron chi connectivity index (χ4n) is 5.76. The van der Waals surface area contributed by atoms with Crippen molar-refractivity contribution in [3.8, 4) is 0 Å². The number of aromatic nitrogens is 2. The molecule has 0 amide bonds. The molecule has 33 heavy (non-hydrogen) atoms. The quantitative estimate of drug-likeness (QED) is 0.189. The van der Waals surface area contributed by atoms with Crippen molar-refractivity contribution in [2.45, 2.75) is 27.2 Å². The molecule has 3 heterocycles. The van der Waals surface area contributed by atoms with E-state index in [9.17, 15) is 0 Å². The Balaban J connectivity index is 1.91. The van der Waals surface area contributed by atoms with E-state index in [1.165, 1.54) is 16.3 Å². The molecule has 0 N–H and O–H groups in total. The predicted octanol–water partition coefficient (Wildman–Crippen LogP) is 8.27. The van der Waals surface area contributed by atoms with Crippen molar-refractivity contribution in [1.29, 1.82) is 0 Å². The summed E-state index contributed by atoms with van der Waals surface area (Å²) < 4.78 is 17.6. The first-order valence-electron chi connectivity index (χ1n) is 11.5. The highest BCUT2D eigenvalue weighted by molar-refractivity contribution is 6.28. The molecule has 0 fully saturated rings. The normalized spacial score (nSPS) is 13.0. The van der Waals surface area contributed by atoms with E-state index >= 15 is 4.39 Å². The summed E-state index contributed by atoms with van der Waals surface area (Å²) in [5.41, 5.74) is 5.50. The number of nitrogens with zero attached hydrogens (tertiary/aromatic N) is 2. The van der Waals surface area contributed by atoms with Crippen LogP contribution in [0.3, 0.4) is 0 Å². The van der Waals surface area contributed by atoms with Gasteiger partial charge in [-0.25, -0.2) is 4.39 Å². The van der Waals surface area contributed by atoms with Gasteiger partial charge >= 0.3 is 0 Å². The molecule has 7 rings (SSSR count). The molecule has 0 saturated carbocycles. The standard InChI is InChI=1S/C30H23FN2/c1-30(2,3)16-22-19-8-5-4-7-18(19)15-21-27-25-17(13-14-32-27)11-12-20-26-23(31)9-6-10-24(26)33(28(21)22)29(20)25/h4-15H,16H2,1-3H3. The number of benzene rings is 4. The van der Waals surface area contributed by atoms with Crippen molar-refractivity contribution in [2.24, 2.45) is 5.41 Å². The Kier molecular flexibility index (Phi) is 3.53. The van der Waals surface area contributed by atoms with Crippen LogP contribution in [-0.4, -0.2) is 9.38 Å². The van der Waals surface area contributed by atoms with Gasteiger partial charge in [-0.2, -0.15) is 0 Å². The van der Waals surface area contributed by atoms with Crippen molar-refractivity contribution in [3.05, 3.63) is 84.3 Å². The molecule has 0 saturated heterocycles. The highest BCUT2D eigenvalue weighted by atomic mass is 19.1. The largest absolute Gasteiger partial charge is 0.307 e. The van der Waals surface area contributed by atoms with Gasteiger partial charge in [0.05, 0.1) is 22.1 Å². The Labute approximate surface area is 190 Å². The van der Waals surface area contributed by atoms with E-state index < -0.39 is 0 Å². The fourth-order valence-corrected chi connectivity index (χ4v) is 5.76. The predicted molar refractivity (Wildman–Crippen MR) is 137 cm³/mol. The third kappa shape index (κ3) is 2.45. The summed E-state index contributed by atoms with van der Waals surface area (Å²) in [6.07, 6.45) is 2.80. The fraction of sp³-hybridized carbons (Fsp3) is 0.167. The topological polar surface area (TPSA) is 17.3 Å². The molecular formula is C30H23FN2. The lowest BCUT2D eigenvalue weighted by molar-refractivity contribution is 0.413. The van der Waals surface area contributed by atoms with E-state index in [1.54, 1.807) is 6.07 Å². The van der Waals surface area contributed by atoms with Gasteiger partial charge < -0.3 is 4.40 Å². The zero-order valence-electron chi connectivity index (χ0n) is 18.9. The van der Waals surface area contributed by atoms with Crippen LogP contribution in [0.1, 0.15) is 26.3 Å². The van der Waals surface area contributed by atoms with Crippen LogP contribution >= 0.6 is 0 Å². The molecule has 0 radical (unpaired) electrons. The van der Waals surface area contributed by atoms with Gasteiger partial charge in [0.1, 0.15) is 5.82 Å². The van der Waals surface area contributed by atoms with Gasteiger partial charge in [0.2, 0.25) is 0 Å². The van der Waals surface area contributed by atoms with Crippen molar-refractivity contribution in [3.63, 3.8) is 0 Å². The minimum Gasteiger partial charge on any atom is -0.307 e. The van der Waals surface area contributed by atoms with E-state index in [0.29, 0.717) is 5.39 Å². The Morgan fingerprint density at radius 3 is 2.48 bits per heavy atom. The monoisotopic (exact) mass is 430 g/mol. The second-order valence-electron chi connectivity index (χ2n) is 10.4.